The highest BCUT2D eigenvalue weighted by atomic mass is 127. The fourth-order valence-electron chi connectivity index (χ4n) is 4.49. The van der Waals surface area contributed by atoms with Crippen molar-refractivity contribution in [3.8, 4) is 0 Å². The standard InChI is InChI=1S/C21H32N4O.HI/c1-22-20(25-10-9-21(17-25)7-2-8-21)23-15-18-3-5-19(6-4-18)16-24-11-13-26-14-12-24;/h3-6H,2,7-17H2,1H3,(H,22,23);1H. The summed E-state index contributed by atoms with van der Waals surface area (Å²) < 4.78 is 5.42. The van der Waals surface area contributed by atoms with Crippen molar-refractivity contribution in [1.29, 1.82) is 0 Å². The highest BCUT2D eigenvalue weighted by Gasteiger charge is 2.43. The molecule has 1 saturated carbocycles. The number of nitrogens with one attached hydrogen (secondary N) is 1. The zero-order valence-electron chi connectivity index (χ0n) is 16.5. The third-order valence-corrected chi connectivity index (χ3v) is 6.35. The van der Waals surface area contributed by atoms with Crippen molar-refractivity contribution in [2.75, 3.05) is 46.4 Å². The van der Waals surface area contributed by atoms with Gasteiger partial charge in [-0.25, -0.2) is 0 Å². The Morgan fingerprint density at radius 1 is 1.07 bits per heavy atom. The van der Waals surface area contributed by atoms with E-state index in [-0.39, 0.29) is 24.0 Å². The summed E-state index contributed by atoms with van der Waals surface area (Å²) in [7, 11) is 1.90. The van der Waals surface area contributed by atoms with E-state index in [0.717, 1.165) is 51.9 Å². The van der Waals surface area contributed by atoms with Crippen molar-refractivity contribution in [2.45, 2.75) is 38.8 Å². The molecule has 0 atom stereocenters. The molecule has 6 heteroatoms. The molecule has 0 amide bonds. The number of nitrogens with zero attached hydrogens (tertiary/aromatic N) is 3. The van der Waals surface area contributed by atoms with Crippen LogP contribution in [0.25, 0.3) is 0 Å². The molecular weight excluding hydrogens is 451 g/mol. The molecule has 27 heavy (non-hydrogen) atoms. The Bertz CT molecular complexity index is 624. The molecule has 5 nitrogen and oxygen atoms in total. The smallest absolute Gasteiger partial charge is 0.193 e. The SMILES string of the molecule is CN=C(NCc1ccc(CN2CCOCC2)cc1)N1CCC2(CCC2)C1.I. The quantitative estimate of drug-likeness (QED) is 0.405. The first-order valence-electron chi connectivity index (χ1n) is 10.1. The molecule has 1 spiro atoms. The van der Waals surface area contributed by atoms with Gasteiger partial charge in [0.2, 0.25) is 0 Å². The molecule has 2 heterocycles. The van der Waals surface area contributed by atoms with Gasteiger partial charge in [-0.1, -0.05) is 30.7 Å². The predicted octanol–water partition coefficient (Wildman–Crippen LogP) is 3.09. The minimum Gasteiger partial charge on any atom is -0.379 e. The third-order valence-electron chi connectivity index (χ3n) is 6.35. The maximum atomic E-state index is 5.42. The van der Waals surface area contributed by atoms with Crippen LogP contribution in [-0.4, -0.2) is 62.2 Å². The second-order valence-corrected chi connectivity index (χ2v) is 8.13. The van der Waals surface area contributed by atoms with Gasteiger partial charge in [-0.05, 0) is 35.8 Å². The van der Waals surface area contributed by atoms with E-state index in [0.29, 0.717) is 5.41 Å². The first-order valence-corrected chi connectivity index (χ1v) is 10.1. The van der Waals surface area contributed by atoms with Crippen molar-refractivity contribution in [2.24, 2.45) is 10.4 Å². The lowest BCUT2D eigenvalue weighted by Crippen LogP contribution is -2.42. The van der Waals surface area contributed by atoms with Crippen molar-refractivity contribution in [3.05, 3.63) is 35.4 Å². The molecule has 0 unspecified atom stereocenters. The summed E-state index contributed by atoms with van der Waals surface area (Å²) in [5, 5.41) is 3.56. The number of rotatable bonds is 4. The maximum absolute atomic E-state index is 5.42. The number of benzene rings is 1. The number of aliphatic imine (C=N–C) groups is 1. The largest absolute Gasteiger partial charge is 0.379 e. The van der Waals surface area contributed by atoms with Gasteiger partial charge in [0, 0.05) is 46.3 Å². The van der Waals surface area contributed by atoms with Gasteiger partial charge >= 0.3 is 0 Å². The molecule has 150 valence electrons. The molecule has 1 aliphatic carbocycles. The van der Waals surface area contributed by atoms with E-state index in [1.54, 1.807) is 0 Å². The first kappa shape index (κ1) is 20.9. The molecule has 3 aliphatic rings. The zero-order chi connectivity index (χ0) is 17.8. The van der Waals surface area contributed by atoms with Gasteiger partial charge in [0.1, 0.15) is 0 Å². The molecular formula is C21H33IN4O. The fourth-order valence-corrected chi connectivity index (χ4v) is 4.49. The van der Waals surface area contributed by atoms with Crippen LogP contribution in [0.3, 0.4) is 0 Å². The Labute approximate surface area is 180 Å². The lowest BCUT2D eigenvalue weighted by atomic mass is 9.68. The minimum absolute atomic E-state index is 0. The number of hydrogen-bond acceptors (Lipinski definition) is 3. The summed E-state index contributed by atoms with van der Waals surface area (Å²) in [4.78, 5) is 9.43. The molecule has 1 aromatic carbocycles. The molecule has 2 aliphatic heterocycles. The molecule has 0 bridgehead atoms. The molecule has 1 N–H and O–H groups in total. The molecule has 3 fully saturated rings. The van der Waals surface area contributed by atoms with Gasteiger partial charge in [0.05, 0.1) is 13.2 Å². The number of halogens is 1. The van der Waals surface area contributed by atoms with E-state index in [2.05, 4.69) is 44.4 Å². The number of likely N-dealkylation sites (tertiary alicyclic amines) is 1. The van der Waals surface area contributed by atoms with E-state index in [9.17, 15) is 0 Å². The predicted molar refractivity (Wildman–Crippen MR) is 121 cm³/mol. The Morgan fingerprint density at radius 3 is 2.37 bits per heavy atom. The number of ether oxygens (including phenoxy) is 1. The second kappa shape index (κ2) is 9.56. The van der Waals surface area contributed by atoms with Crippen LogP contribution in [-0.2, 0) is 17.8 Å². The normalized spacial score (nSPS) is 22.4. The topological polar surface area (TPSA) is 40.1 Å². The maximum Gasteiger partial charge on any atom is 0.193 e. The summed E-state index contributed by atoms with van der Waals surface area (Å²) in [6.07, 6.45) is 5.57. The van der Waals surface area contributed by atoms with Crippen LogP contribution >= 0.6 is 24.0 Å². The highest BCUT2D eigenvalue weighted by Crippen LogP contribution is 2.47. The average molecular weight is 484 g/mol. The fraction of sp³-hybridized carbons (Fsp3) is 0.667. The van der Waals surface area contributed by atoms with Crippen LogP contribution in [0.1, 0.15) is 36.8 Å². The van der Waals surface area contributed by atoms with Crippen LogP contribution in [0.2, 0.25) is 0 Å². The summed E-state index contributed by atoms with van der Waals surface area (Å²) in [5.41, 5.74) is 3.31. The minimum atomic E-state index is 0. The molecule has 4 rings (SSSR count). The Kier molecular flexibility index (Phi) is 7.39. The van der Waals surface area contributed by atoms with E-state index in [4.69, 9.17) is 4.74 Å². The monoisotopic (exact) mass is 484 g/mol. The van der Waals surface area contributed by atoms with Gasteiger partial charge in [0.25, 0.3) is 0 Å². The highest BCUT2D eigenvalue weighted by molar-refractivity contribution is 14.0. The zero-order valence-corrected chi connectivity index (χ0v) is 18.8. The van der Waals surface area contributed by atoms with Crippen LogP contribution in [0, 0.1) is 5.41 Å². The Morgan fingerprint density at radius 2 is 1.78 bits per heavy atom. The van der Waals surface area contributed by atoms with Crippen molar-refractivity contribution in [3.63, 3.8) is 0 Å². The van der Waals surface area contributed by atoms with Crippen molar-refractivity contribution >= 4 is 29.9 Å². The van der Waals surface area contributed by atoms with Gasteiger partial charge in [-0.2, -0.15) is 0 Å². The summed E-state index contributed by atoms with van der Waals surface area (Å²) in [5.74, 6) is 1.06. The van der Waals surface area contributed by atoms with Crippen LogP contribution < -0.4 is 5.32 Å². The lowest BCUT2D eigenvalue weighted by Gasteiger charge is -2.38. The van der Waals surface area contributed by atoms with E-state index in [1.807, 2.05) is 7.05 Å². The summed E-state index contributed by atoms with van der Waals surface area (Å²) in [6, 6.07) is 9.00. The Balaban J connectivity index is 0.00000210. The Hall–Kier alpha value is -0.860. The number of guanidine groups is 1. The third kappa shape index (κ3) is 5.15. The van der Waals surface area contributed by atoms with Crippen LogP contribution in [0.15, 0.2) is 29.3 Å². The molecule has 0 aromatic heterocycles. The van der Waals surface area contributed by atoms with Gasteiger partial charge < -0.3 is 15.0 Å². The van der Waals surface area contributed by atoms with E-state index < -0.39 is 0 Å². The van der Waals surface area contributed by atoms with E-state index in [1.165, 1.54) is 43.4 Å². The van der Waals surface area contributed by atoms with Crippen molar-refractivity contribution in [1.82, 2.24) is 15.1 Å². The molecule has 2 saturated heterocycles. The molecule has 1 aromatic rings. The van der Waals surface area contributed by atoms with Gasteiger partial charge in [-0.15, -0.1) is 24.0 Å². The first-order chi connectivity index (χ1) is 12.8. The lowest BCUT2D eigenvalue weighted by molar-refractivity contribution is 0.0342. The van der Waals surface area contributed by atoms with Gasteiger partial charge in [0.15, 0.2) is 5.96 Å². The van der Waals surface area contributed by atoms with E-state index >= 15 is 0 Å². The van der Waals surface area contributed by atoms with Crippen molar-refractivity contribution < 1.29 is 4.74 Å². The average Bonchev–Trinajstić information content (AvgIpc) is 3.11. The number of morpholine rings is 1. The van der Waals surface area contributed by atoms with Crippen LogP contribution in [0.5, 0.6) is 0 Å². The van der Waals surface area contributed by atoms with Crippen LogP contribution in [0.4, 0.5) is 0 Å². The van der Waals surface area contributed by atoms with Gasteiger partial charge in [-0.3, -0.25) is 9.89 Å². The summed E-state index contributed by atoms with van der Waals surface area (Å²) in [6.45, 7) is 8.00. The molecule has 0 radical (unpaired) electrons. The number of hydrogen-bond donors (Lipinski definition) is 1. The summed E-state index contributed by atoms with van der Waals surface area (Å²) >= 11 is 0. The second-order valence-electron chi connectivity index (χ2n) is 8.13.